The molecule has 458 valence electrons. The molecule has 22 heteroatoms. The van der Waals surface area contributed by atoms with Crippen LogP contribution < -0.4 is 34.7 Å². The van der Waals surface area contributed by atoms with Crippen molar-refractivity contribution >= 4 is 93.5 Å². The van der Waals surface area contributed by atoms with Gasteiger partial charge in [-0.15, -0.1) is 0 Å². The van der Waals surface area contributed by atoms with Crippen LogP contribution in [-0.4, -0.2) is 137 Å². The summed E-state index contributed by atoms with van der Waals surface area (Å²) in [5, 5.41) is 25.0. The third-order valence-corrected chi connectivity index (χ3v) is 20.5. The molecule has 0 bridgehead atoms. The number of anilines is 6. The highest BCUT2D eigenvalue weighted by Crippen LogP contribution is 2.47. The van der Waals surface area contributed by atoms with Crippen molar-refractivity contribution in [2.75, 3.05) is 75.7 Å². The van der Waals surface area contributed by atoms with Crippen molar-refractivity contribution < 1.29 is 15.0 Å². The summed E-state index contributed by atoms with van der Waals surface area (Å²) < 4.78 is 0. The van der Waals surface area contributed by atoms with Crippen LogP contribution in [0.25, 0.3) is 18.2 Å². The van der Waals surface area contributed by atoms with Gasteiger partial charge in [-0.2, -0.15) is 0 Å². The first kappa shape index (κ1) is 58.6. The fourth-order valence-electron chi connectivity index (χ4n) is 14.9. The number of hydrogen-bond acceptors (Lipinski definition) is 18. The van der Waals surface area contributed by atoms with Crippen LogP contribution >= 0.6 is 34.8 Å². The lowest BCUT2D eigenvalue weighted by atomic mass is 9.86. The molecule has 0 unspecified atom stereocenters. The first-order valence-electron chi connectivity index (χ1n) is 31.4. The molecule has 88 heavy (non-hydrogen) atoms. The van der Waals surface area contributed by atoms with E-state index >= 15 is 0 Å². The molecule has 6 aromatic heterocycles. The van der Waals surface area contributed by atoms with Gasteiger partial charge in [-0.1, -0.05) is 71.3 Å². The summed E-state index contributed by atoms with van der Waals surface area (Å²) in [7, 11) is 1.71. The predicted molar refractivity (Wildman–Crippen MR) is 346 cm³/mol. The second kappa shape index (κ2) is 24.1. The van der Waals surface area contributed by atoms with Gasteiger partial charge in [0.15, 0.2) is 0 Å². The predicted octanol–water partition coefficient (Wildman–Crippen LogP) is 9.02. The molecule has 1 amide bonds. The van der Waals surface area contributed by atoms with E-state index in [-0.39, 0.29) is 17.9 Å². The number of hydrogen-bond donors (Lipinski definition) is 3. The van der Waals surface area contributed by atoms with E-state index in [2.05, 4.69) is 132 Å². The van der Waals surface area contributed by atoms with E-state index in [9.17, 15) is 15.0 Å². The second-order valence-corrected chi connectivity index (χ2v) is 26.7. The Morgan fingerprint density at radius 3 is 1.27 bits per heavy atom. The number of rotatable bonds is 8. The number of fused-ring (bicyclic) bond motifs is 6. The molecule has 3 atom stereocenters. The fraction of sp³-hybridized carbons (Fsp3) is 0.485. The number of nitrogens with zero attached hydrogens (tertiary/aromatic N) is 15. The molecule has 16 rings (SSSR count). The summed E-state index contributed by atoms with van der Waals surface area (Å²) in [5.74, 6) is 3.72. The van der Waals surface area contributed by atoms with Gasteiger partial charge in [0.25, 0.3) is 0 Å². The standard InChI is InChI=1S/C24H28ClN5O.C23H27ClN6O.C19H20ClN5O/c1-15-11-20-18(13-30(15)21-12-22(25)28-19-4-2-3-17(19)21)23(27-14-26-20)29-9-7-24(31,8-10-29)16-5-6-16;1-14-10-19-17(12-30(14)20-11-21(24)28-18-5-3-4-16(18)20)22(27-13-26-19)29-8-6-15(7-9-29)23(31)25-2;1-11-5-16-14(19(22-10-21-16)24-7-12(26)8-24)9-25(11)17-6-18(20)23-15-4-2-3-13(15)17/h2-3,12,14-16,31H,4-11,13H2,1H3;3-4,11,13-15H,5-10,12H2,1-2H3,(H,25,31);2-3,6,10-12,26H,4-5,7-9H2,1H3/t15-;14-;11-/m111/s1. The van der Waals surface area contributed by atoms with E-state index in [1.165, 1.54) is 40.7 Å². The van der Waals surface area contributed by atoms with E-state index < -0.39 is 5.60 Å². The Bertz CT molecular complexity index is 3780. The van der Waals surface area contributed by atoms with Crippen molar-refractivity contribution in [2.45, 2.75) is 147 Å². The molecular weight excluding hydrogens is 1170 g/mol. The van der Waals surface area contributed by atoms with E-state index in [4.69, 9.17) is 39.8 Å². The molecule has 0 radical (unpaired) electrons. The first-order valence-corrected chi connectivity index (χ1v) is 32.5. The third-order valence-electron chi connectivity index (χ3n) is 19.9. The minimum Gasteiger partial charge on any atom is -0.389 e. The average Bonchev–Trinajstić information content (AvgIpc) is 1.33. The normalized spacial score (nSPS) is 22.2. The number of β-amino-alcohol motifs (C(OH)–C–C–N with tert-alkyl or cyclic N) is 1. The van der Waals surface area contributed by atoms with E-state index in [1.54, 1.807) is 26.0 Å². The van der Waals surface area contributed by atoms with Crippen molar-refractivity contribution in [1.29, 1.82) is 0 Å². The smallest absolute Gasteiger partial charge is 0.222 e. The summed E-state index contributed by atoms with van der Waals surface area (Å²) in [6.07, 6.45) is 28.5. The van der Waals surface area contributed by atoms with Crippen LogP contribution in [0.5, 0.6) is 0 Å². The van der Waals surface area contributed by atoms with Crippen molar-refractivity contribution in [3.05, 3.63) is 138 Å². The lowest BCUT2D eigenvalue weighted by Gasteiger charge is -2.42. The highest BCUT2D eigenvalue weighted by molar-refractivity contribution is 6.30. The molecule has 0 spiro atoms. The summed E-state index contributed by atoms with van der Waals surface area (Å²) in [5.41, 5.74) is 16.5. The minimum atomic E-state index is -0.467. The molecule has 10 aliphatic rings. The number of pyridine rings is 3. The number of allylic oxidation sites excluding steroid dienone is 3. The van der Waals surface area contributed by atoms with Crippen molar-refractivity contribution in [3.8, 4) is 0 Å². The molecule has 3 saturated heterocycles. The van der Waals surface area contributed by atoms with Crippen molar-refractivity contribution in [3.63, 3.8) is 0 Å². The largest absolute Gasteiger partial charge is 0.389 e. The Morgan fingerprint density at radius 1 is 0.534 bits per heavy atom. The third kappa shape index (κ3) is 11.3. The van der Waals surface area contributed by atoms with E-state index in [1.807, 2.05) is 18.2 Å². The molecule has 19 nitrogen and oxygen atoms in total. The maximum Gasteiger partial charge on any atom is 0.222 e. The number of piperidine rings is 2. The number of aliphatic hydroxyl groups is 2. The molecule has 12 heterocycles. The highest BCUT2D eigenvalue weighted by Gasteiger charge is 2.46. The lowest BCUT2D eigenvalue weighted by molar-refractivity contribution is -0.125. The molecule has 0 aromatic carbocycles. The topological polar surface area (TPSA) is 205 Å². The van der Waals surface area contributed by atoms with Gasteiger partial charge in [-0.25, -0.2) is 44.9 Å². The van der Waals surface area contributed by atoms with Crippen molar-refractivity contribution in [1.82, 2.24) is 50.2 Å². The Balaban J connectivity index is 0.000000116. The van der Waals surface area contributed by atoms with Gasteiger partial charge < -0.3 is 44.9 Å². The SMILES string of the molecule is CNC(=O)C1CCN(c2ncnc3c2CN(c2cc(Cl)nc4c2C=CC4)[C@H](C)C3)CC1.C[C@@H]1Cc2ncnc(N3CC(O)C3)c2CN1c1cc(Cl)nc2c1C=CC2.C[C@@H]1Cc2ncnc(N3CCC(O)(C4CC4)CC3)c2CN1c1cc(Cl)nc2c1C=CC2. The Labute approximate surface area is 529 Å². The van der Waals surface area contributed by atoms with Gasteiger partial charge >= 0.3 is 0 Å². The monoisotopic (exact) mass is 1240 g/mol. The average molecular weight is 1250 g/mol. The second-order valence-electron chi connectivity index (χ2n) is 25.5. The summed E-state index contributed by atoms with van der Waals surface area (Å²) in [6, 6.07) is 6.87. The quantitative estimate of drug-likeness (QED) is 0.122. The lowest BCUT2D eigenvalue weighted by Crippen LogP contribution is -2.52. The molecule has 4 fully saturated rings. The van der Waals surface area contributed by atoms with Crippen LogP contribution in [0, 0.1) is 11.8 Å². The van der Waals surface area contributed by atoms with Crippen LogP contribution in [-0.2, 0) is 63.0 Å². The van der Waals surface area contributed by atoms with E-state index in [0.717, 1.165) is 184 Å². The van der Waals surface area contributed by atoms with Gasteiger partial charge in [0.05, 0.1) is 45.9 Å². The maximum atomic E-state index is 12.0. The van der Waals surface area contributed by atoms with Gasteiger partial charge in [-0.3, -0.25) is 4.79 Å². The van der Waals surface area contributed by atoms with Crippen LogP contribution in [0.4, 0.5) is 34.5 Å². The van der Waals surface area contributed by atoms with Crippen LogP contribution in [0.1, 0.15) is 127 Å². The molecule has 6 aromatic rings. The van der Waals surface area contributed by atoms with Gasteiger partial charge in [-0.05, 0) is 83.4 Å². The number of halogens is 3. The van der Waals surface area contributed by atoms with E-state index in [0.29, 0.717) is 52.6 Å². The first-order chi connectivity index (χ1) is 42.7. The van der Waals surface area contributed by atoms with Gasteiger partial charge in [0.1, 0.15) is 51.9 Å². The summed E-state index contributed by atoms with van der Waals surface area (Å²) in [6.45, 7) is 13.6. The number of aliphatic hydroxyl groups excluding tert-OH is 1. The van der Waals surface area contributed by atoms with Crippen LogP contribution in [0.3, 0.4) is 0 Å². The molecule has 4 aliphatic carbocycles. The summed E-state index contributed by atoms with van der Waals surface area (Å²) >= 11 is 19.1. The zero-order chi connectivity index (χ0) is 60.5. The van der Waals surface area contributed by atoms with Crippen LogP contribution in [0.2, 0.25) is 15.5 Å². The number of amides is 1. The number of nitrogens with one attached hydrogen (secondary N) is 1. The van der Waals surface area contributed by atoms with Gasteiger partial charge in [0, 0.05) is 179 Å². The molecule has 3 N–H and O–H groups in total. The summed E-state index contributed by atoms with van der Waals surface area (Å²) in [4.78, 5) is 67.3. The van der Waals surface area contributed by atoms with Crippen LogP contribution in [0.15, 0.2) is 55.4 Å². The minimum absolute atomic E-state index is 0.0868. The Kier molecular flexibility index (Phi) is 16.0. The fourth-order valence-corrected chi connectivity index (χ4v) is 15.5. The van der Waals surface area contributed by atoms with Gasteiger partial charge in [0.2, 0.25) is 5.91 Å². The number of carbonyl (C=O) groups excluding carboxylic acids is 1. The number of aromatic nitrogens is 9. The molecule has 6 aliphatic heterocycles. The zero-order valence-corrected chi connectivity index (χ0v) is 52.7. The maximum absolute atomic E-state index is 12.0. The zero-order valence-electron chi connectivity index (χ0n) is 50.4. The number of carbonyl (C=O) groups is 1. The Morgan fingerprint density at radius 2 is 0.909 bits per heavy atom. The highest BCUT2D eigenvalue weighted by atomic mass is 35.5. The van der Waals surface area contributed by atoms with Crippen molar-refractivity contribution in [2.24, 2.45) is 11.8 Å². The Hall–Kier alpha value is -7.03. The molecular formula is C66H75Cl3N16O3. The molecule has 1 saturated carbocycles.